The first kappa shape index (κ1) is 19.6. The summed E-state index contributed by atoms with van der Waals surface area (Å²) in [5.41, 5.74) is 1.48. The fourth-order valence-electron chi connectivity index (χ4n) is 2.73. The molecule has 148 valence electrons. The second kappa shape index (κ2) is 9.16. The molecule has 0 saturated heterocycles. The molecule has 2 amide bonds. The van der Waals surface area contributed by atoms with Crippen molar-refractivity contribution in [2.24, 2.45) is 0 Å². The van der Waals surface area contributed by atoms with Crippen LogP contribution in [0, 0.1) is 0 Å². The van der Waals surface area contributed by atoms with Gasteiger partial charge < -0.3 is 19.9 Å². The van der Waals surface area contributed by atoms with Crippen LogP contribution in [0.2, 0.25) is 0 Å². The van der Waals surface area contributed by atoms with Gasteiger partial charge in [0.25, 0.3) is 0 Å². The van der Waals surface area contributed by atoms with Crippen LogP contribution in [0.25, 0.3) is 10.9 Å². The van der Waals surface area contributed by atoms with E-state index in [2.05, 4.69) is 25.8 Å². The summed E-state index contributed by atoms with van der Waals surface area (Å²) < 4.78 is 10.5. The molecular formula is C19H23N5O4. The van der Waals surface area contributed by atoms with Crippen molar-refractivity contribution in [1.29, 1.82) is 0 Å². The first-order chi connectivity index (χ1) is 13.6. The maximum atomic E-state index is 12.4. The number of amides is 2. The molecule has 0 spiro atoms. The van der Waals surface area contributed by atoms with Crippen LogP contribution in [0.3, 0.4) is 0 Å². The summed E-state index contributed by atoms with van der Waals surface area (Å²) in [7, 11) is 1.59. The van der Waals surface area contributed by atoms with E-state index >= 15 is 0 Å². The van der Waals surface area contributed by atoms with Gasteiger partial charge in [-0.05, 0) is 12.5 Å². The number of hydrogen-bond donors (Lipinski definition) is 4. The van der Waals surface area contributed by atoms with E-state index in [0.29, 0.717) is 35.8 Å². The lowest BCUT2D eigenvalue weighted by Gasteiger charge is -2.22. The number of urea groups is 1. The minimum Gasteiger partial charge on any atom is -0.474 e. The Kier molecular flexibility index (Phi) is 6.41. The number of aliphatic hydroxyl groups is 1. The van der Waals surface area contributed by atoms with Crippen LogP contribution in [-0.2, 0) is 4.74 Å². The predicted octanol–water partition coefficient (Wildman–Crippen LogP) is 2.23. The van der Waals surface area contributed by atoms with Gasteiger partial charge in [-0.15, -0.1) is 5.10 Å². The van der Waals surface area contributed by atoms with Crippen molar-refractivity contribution in [2.75, 3.05) is 25.6 Å². The summed E-state index contributed by atoms with van der Waals surface area (Å²) in [6.07, 6.45) is 0.808. The molecule has 3 aromatic rings. The topological polar surface area (TPSA) is 121 Å². The number of carbonyl (C=O) groups excluding carboxylic acids is 1. The number of anilines is 1. The number of pyridine rings is 1. The van der Waals surface area contributed by atoms with Crippen molar-refractivity contribution in [3.63, 3.8) is 0 Å². The average molecular weight is 385 g/mol. The summed E-state index contributed by atoms with van der Waals surface area (Å²) in [5.74, 6) is 0.767. The van der Waals surface area contributed by atoms with E-state index in [9.17, 15) is 9.90 Å². The molecule has 0 fully saturated rings. The Morgan fingerprint density at radius 2 is 2.07 bits per heavy atom. The lowest BCUT2D eigenvalue weighted by molar-refractivity contribution is 0.144. The second-order valence-electron chi connectivity index (χ2n) is 6.21. The van der Waals surface area contributed by atoms with Gasteiger partial charge in [0.05, 0.1) is 29.7 Å². The fraction of sp³-hybridized carbons (Fsp3) is 0.316. The zero-order valence-corrected chi connectivity index (χ0v) is 15.7. The van der Waals surface area contributed by atoms with Crippen molar-refractivity contribution in [3.8, 4) is 5.88 Å². The number of methoxy groups -OCH3 is 1. The number of aromatic amines is 1. The molecule has 1 aromatic carbocycles. The molecule has 0 aliphatic rings. The van der Waals surface area contributed by atoms with Gasteiger partial charge in [0.1, 0.15) is 12.4 Å². The minimum atomic E-state index is -0.761. The lowest BCUT2D eigenvalue weighted by atomic mass is 10.0. The summed E-state index contributed by atoms with van der Waals surface area (Å²) in [6, 6.07) is 9.91. The molecule has 9 nitrogen and oxygen atoms in total. The molecule has 2 atom stereocenters. The molecule has 2 heterocycles. The van der Waals surface area contributed by atoms with Crippen molar-refractivity contribution in [2.45, 2.75) is 19.1 Å². The Labute approximate surface area is 162 Å². The molecule has 0 radical (unpaired) electrons. The molecule has 2 aromatic heterocycles. The summed E-state index contributed by atoms with van der Waals surface area (Å²) in [4.78, 5) is 16.6. The number of nitrogens with one attached hydrogen (secondary N) is 3. The van der Waals surface area contributed by atoms with Gasteiger partial charge in [0.15, 0.2) is 0 Å². The highest BCUT2D eigenvalue weighted by Gasteiger charge is 2.20. The van der Waals surface area contributed by atoms with Crippen molar-refractivity contribution < 1.29 is 19.4 Å². The molecule has 3 rings (SSSR count). The SMILES string of the molecule is COCCOc1n[nH]c2cc(NC(=O)NC(c3ccccc3)C(C)O)ncc12. The number of benzene rings is 1. The standard InChI is InChI=1S/C19H23N5O4/c1-12(25)17(13-6-4-3-5-7-13)22-19(26)21-16-10-15-14(11-20-16)18(24-23-15)28-9-8-27-2/h3-7,10-12,17,25H,8-9H2,1-2H3,(H,23,24)(H2,20,21,22,26). The number of nitrogens with zero attached hydrogens (tertiary/aromatic N) is 2. The van der Waals surface area contributed by atoms with E-state index in [0.717, 1.165) is 5.56 Å². The molecule has 0 aliphatic carbocycles. The van der Waals surface area contributed by atoms with E-state index in [1.807, 2.05) is 30.3 Å². The Morgan fingerprint density at radius 3 is 2.79 bits per heavy atom. The first-order valence-corrected chi connectivity index (χ1v) is 8.85. The summed E-state index contributed by atoms with van der Waals surface area (Å²) in [6.45, 7) is 2.45. The van der Waals surface area contributed by atoms with Gasteiger partial charge >= 0.3 is 6.03 Å². The average Bonchev–Trinajstić information content (AvgIpc) is 3.09. The van der Waals surface area contributed by atoms with Crippen molar-refractivity contribution >= 4 is 22.8 Å². The van der Waals surface area contributed by atoms with E-state index < -0.39 is 18.2 Å². The number of ether oxygens (including phenoxy) is 2. The number of aliphatic hydroxyl groups excluding tert-OH is 1. The third kappa shape index (κ3) is 4.76. The van der Waals surface area contributed by atoms with Crippen LogP contribution < -0.4 is 15.4 Å². The Balaban J connectivity index is 1.67. The number of H-pyrrole nitrogens is 1. The van der Waals surface area contributed by atoms with Gasteiger partial charge in [0.2, 0.25) is 5.88 Å². The molecule has 28 heavy (non-hydrogen) atoms. The zero-order chi connectivity index (χ0) is 19.9. The molecule has 0 bridgehead atoms. The molecule has 2 unspecified atom stereocenters. The highest BCUT2D eigenvalue weighted by atomic mass is 16.5. The van der Waals surface area contributed by atoms with Gasteiger partial charge in [-0.1, -0.05) is 30.3 Å². The van der Waals surface area contributed by atoms with E-state index in [4.69, 9.17) is 9.47 Å². The third-order valence-corrected chi connectivity index (χ3v) is 4.11. The van der Waals surface area contributed by atoms with Crippen molar-refractivity contribution in [1.82, 2.24) is 20.5 Å². The largest absolute Gasteiger partial charge is 0.474 e. The Morgan fingerprint density at radius 1 is 1.29 bits per heavy atom. The van der Waals surface area contributed by atoms with Gasteiger partial charge in [0, 0.05) is 19.4 Å². The molecule has 4 N–H and O–H groups in total. The Bertz CT molecular complexity index is 913. The van der Waals surface area contributed by atoms with E-state index in [-0.39, 0.29) is 0 Å². The Hall–Kier alpha value is -3.17. The summed E-state index contributed by atoms with van der Waals surface area (Å²) >= 11 is 0. The monoisotopic (exact) mass is 385 g/mol. The predicted molar refractivity (Wildman–Crippen MR) is 104 cm³/mol. The number of carbonyl (C=O) groups is 1. The molecular weight excluding hydrogens is 362 g/mol. The van der Waals surface area contributed by atoms with Gasteiger partial charge in [-0.3, -0.25) is 10.4 Å². The first-order valence-electron chi connectivity index (χ1n) is 8.85. The van der Waals surface area contributed by atoms with E-state index in [1.54, 1.807) is 26.3 Å². The summed E-state index contributed by atoms with van der Waals surface area (Å²) in [5, 5.41) is 23.1. The number of rotatable bonds is 8. The quantitative estimate of drug-likeness (QED) is 0.441. The fourth-order valence-corrected chi connectivity index (χ4v) is 2.73. The van der Waals surface area contributed by atoms with Crippen molar-refractivity contribution in [3.05, 3.63) is 48.2 Å². The molecule has 0 saturated carbocycles. The van der Waals surface area contributed by atoms with Crippen LogP contribution in [0.15, 0.2) is 42.6 Å². The highest BCUT2D eigenvalue weighted by Crippen LogP contribution is 2.23. The van der Waals surface area contributed by atoms with E-state index in [1.165, 1.54) is 0 Å². The maximum Gasteiger partial charge on any atom is 0.320 e. The minimum absolute atomic E-state index is 0.342. The number of fused-ring (bicyclic) bond motifs is 1. The van der Waals surface area contributed by atoms with Crippen LogP contribution in [0.1, 0.15) is 18.5 Å². The van der Waals surface area contributed by atoms with Crippen LogP contribution in [0.4, 0.5) is 10.6 Å². The molecule has 0 aliphatic heterocycles. The second-order valence-corrected chi connectivity index (χ2v) is 6.21. The zero-order valence-electron chi connectivity index (χ0n) is 15.7. The lowest BCUT2D eigenvalue weighted by Crippen LogP contribution is -2.37. The van der Waals surface area contributed by atoms with Crippen LogP contribution in [0.5, 0.6) is 5.88 Å². The van der Waals surface area contributed by atoms with Crippen LogP contribution in [-0.4, -0.2) is 52.7 Å². The normalized spacial score (nSPS) is 13.1. The number of aromatic nitrogens is 3. The molecule has 9 heteroatoms. The maximum absolute atomic E-state index is 12.4. The van der Waals surface area contributed by atoms with Gasteiger partial charge in [-0.2, -0.15) is 0 Å². The van der Waals surface area contributed by atoms with Crippen LogP contribution >= 0.6 is 0 Å². The highest BCUT2D eigenvalue weighted by molar-refractivity contribution is 5.92. The third-order valence-electron chi connectivity index (χ3n) is 4.11. The smallest absolute Gasteiger partial charge is 0.320 e. The number of hydrogen-bond acceptors (Lipinski definition) is 6. The van der Waals surface area contributed by atoms with Gasteiger partial charge in [-0.25, -0.2) is 9.78 Å².